The number of aromatic nitrogens is 3. The number of nitrogens with one attached hydrogen (secondary N) is 1. The van der Waals surface area contributed by atoms with E-state index in [0.717, 1.165) is 18.6 Å². The SMILES string of the molecule is CCCc1ccc(OCc2ccc(C(=O)Nc3ncn(Cc4ccccc4F)n3)o2)cc1. The number of carbonyl (C=O) groups excluding carboxylic acids is 1. The molecule has 0 aliphatic rings. The summed E-state index contributed by atoms with van der Waals surface area (Å²) in [4.78, 5) is 16.5. The van der Waals surface area contributed by atoms with Gasteiger partial charge in [0.05, 0.1) is 6.54 Å². The monoisotopic (exact) mass is 434 g/mol. The molecule has 0 bridgehead atoms. The molecule has 164 valence electrons. The Labute approximate surface area is 184 Å². The minimum Gasteiger partial charge on any atom is -0.486 e. The van der Waals surface area contributed by atoms with E-state index in [1.807, 2.05) is 24.3 Å². The van der Waals surface area contributed by atoms with E-state index in [0.29, 0.717) is 11.3 Å². The molecule has 4 aromatic rings. The lowest BCUT2D eigenvalue weighted by molar-refractivity contribution is 0.0991. The van der Waals surface area contributed by atoms with Gasteiger partial charge in [-0.05, 0) is 42.3 Å². The Balaban J connectivity index is 1.31. The van der Waals surface area contributed by atoms with E-state index in [2.05, 4.69) is 22.3 Å². The van der Waals surface area contributed by atoms with Gasteiger partial charge in [-0.25, -0.2) is 14.1 Å². The van der Waals surface area contributed by atoms with Gasteiger partial charge in [0, 0.05) is 5.56 Å². The summed E-state index contributed by atoms with van der Waals surface area (Å²) in [5.74, 6) is 0.669. The van der Waals surface area contributed by atoms with E-state index in [4.69, 9.17) is 9.15 Å². The lowest BCUT2D eigenvalue weighted by atomic mass is 10.1. The number of benzene rings is 2. The number of rotatable bonds is 9. The molecule has 0 atom stereocenters. The van der Waals surface area contributed by atoms with E-state index >= 15 is 0 Å². The van der Waals surface area contributed by atoms with Crippen molar-refractivity contribution in [3.8, 4) is 5.75 Å². The van der Waals surface area contributed by atoms with Crippen LogP contribution in [0.25, 0.3) is 0 Å². The van der Waals surface area contributed by atoms with Gasteiger partial charge in [-0.15, -0.1) is 5.10 Å². The van der Waals surface area contributed by atoms with Gasteiger partial charge in [-0.1, -0.05) is 43.7 Å². The maximum Gasteiger partial charge on any atom is 0.293 e. The third-order valence-electron chi connectivity index (χ3n) is 4.78. The fraction of sp³-hybridized carbons (Fsp3) is 0.208. The van der Waals surface area contributed by atoms with Crippen molar-refractivity contribution in [3.05, 3.63) is 95.5 Å². The smallest absolute Gasteiger partial charge is 0.293 e. The molecule has 0 saturated carbocycles. The molecule has 1 N–H and O–H groups in total. The van der Waals surface area contributed by atoms with Gasteiger partial charge in [0.25, 0.3) is 5.91 Å². The van der Waals surface area contributed by atoms with Crippen LogP contribution in [-0.2, 0) is 19.6 Å². The van der Waals surface area contributed by atoms with Gasteiger partial charge in [-0.2, -0.15) is 0 Å². The Morgan fingerprint density at radius 3 is 2.72 bits per heavy atom. The highest BCUT2D eigenvalue weighted by molar-refractivity contribution is 6.01. The Hall–Kier alpha value is -3.94. The first-order chi connectivity index (χ1) is 15.6. The minimum atomic E-state index is -0.483. The highest BCUT2D eigenvalue weighted by Crippen LogP contribution is 2.17. The molecule has 0 saturated heterocycles. The zero-order valence-electron chi connectivity index (χ0n) is 17.6. The molecule has 0 fully saturated rings. The maximum atomic E-state index is 13.8. The molecule has 32 heavy (non-hydrogen) atoms. The highest BCUT2D eigenvalue weighted by atomic mass is 19.1. The van der Waals surface area contributed by atoms with E-state index in [-0.39, 0.29) is 30.7 Å². The fourth-order valence-electron chi connectivity index (χ4n) is 3.17. The van der Waals surface area contributed by atoms with Gasteiger partial charge in [0.15, 0.2) is 5.76 Å². The van der Waals surface area contributed by atoms with Gasteiger partial charge < -0.3 is 9.15 Å². The van der Waals surface area contributed by atoms with Gasteiger partial charge in [0.2, 0.25) is 5.95 Å². The van der Waals surface area contributed by atoms with Crippen molar-refractivity contribution in [1.29, 1.82) is 0 Å². The van der Waals surface area contributed by atoms with Crippen molar-refractivity contribution in [3.63, 3.8) is 0 Å². The second kappa shape index (κ2) is 9.91. The summed E-state index contributed by atoms with van der Waals surface area (Å²) >= 11 is 0. The molecule has 0 spiro atoms. The van der Waals surface area contributed by atoms with E-state index in [9.17, 15) is 9.18 Å². The van der Waals surface area contributed by atoms with Crippen molar-refractivity contribution in [2.45, 2.75) is 32.9 Å². The van der Waals surface area contributed by atoms with Crippen molar-refractivity contribution < 1.29 is 18.3 Å². The first kappa shape index (κ1) is 21.3. The number of hydrogen-bond acceptors (Lipinski definition) is 5. The highest BCUT2D eigenvalue weighted by Gasteiger charge is 2.14. The summed E-state index contributed by atoms with van der Waals surface area (Å²) in [7, 11) is 0. The van der Waals surface area contributed by atoms with Crippen LogP contribution in [0.3, 0.4) is 0 Å². The molecule has 1 amide bonds. The van der Waals surface area contributed by atoms with Crippen molar-refractivity contribution in [2.24, 2.45) is 0 Å². The van der Waals surface area contributed by atoms with Crippen LogP contribution in [0.15, 0.2) is 71.4 Å². The second-order valence-corrected chi connectivity index (χ2v) is 7.26. The Morgan fingerprint density at radius 2 is 1.94 bits per heavy atom. The van der Waals surface area contributed by atoms with Crippen LogP contribution in [0.4, 0.5) is 10.3 Å². The van der Waals surface area contributed by atoms with E-state index in [1.165, 1.54) is 22.6 Å². The number of amides is 1. The number of nitrogens with zero attached hydrogens (tertiary/aromatic N) is 3. The van der Waals surface area contributed by atoms with E-state index in [1.54, 1.807) is 30.3 Å². The predicted octanol–water partition coefficient (Wildman–Crippen LogP) is 4.84. The normalized spacial score (nSPS) is 10.8. The number of anilines is 1. The van der Waals surface area contributed by atoms with E-state index < -0.39 is 5.91 Å². The lowest BCUT2D eigenvalue weighted by Gasteiger charge is -2.05. The van der Waals surface area contributed by atoms with Crippen LogP contribution in [0, 0.1) is 5.82 Å². The standard InChI is InChI=1S/C24H23FN4O3/c1-2-5-17-8-10-19(11-9-17)31-15-20-12-13-22(32-20)23(30)27-24-26-16-29(28-24)14-18-6-3-4-7-21(18)25/h3-4,6-13,16H,2,5,14-15H2,1H3,(H,27,28,30). The van der Waals surface area contributed by atoms with Crippen LogP contribution in [-0.4, -0.2) is 20.7 Å². The molecule has 4 rings (SSSR count). The molecule has 0 aliphatic carbocycles. The average molecular weight is 434 g/mol. The number of hydrogen-bond donors (Lipinski definition) is 1. The van der Waals surface area contributed by atoms with Crippen LogP contribution in [0.1, 0.15) is 40.8 Å². The van der Waals surface area contributed by atoms with Crippen LogP contribution >= 0.6 is 0 Å². The maximum absolute atomic E-state index is 13.8. The van der Waals surface area contributed by atoms with Crippen LogP contribution < -0.4 is 10.1 Å². The van der Waals surface area contributed by atoms with Crippen molar-refractivity contribution in [2.75, 3.05) is 5.32 Å². The number of aryl methyl sites for hydroxylation is 1. The molecular weight excluding hydrogens is 411 g/mol. The molecule has 0 unspecified atom stereocenters. The van der Waals surface area contributed by atoms with Gasteiger partial charge in [-0.3, -0.25) is 10.1 Å². The third-order valence-corrected chi connectivity index (χ3v) is 4.78. The average Bonchev–Trinajstić information content (AvgIpc) is 3.45. The zero-order chi connectivity index (χ0) is 22.3. The minimum absolute atomic E-state index is 0.104. The van der Waals surface area contributed by atoms with Crippen LogP contribution in [0.2, 0.25) is 0 Å². The van der Waals surface area contributed by atoms with Crippen molar-refractivity contribution in [1.82, 2.24) is 14.8 Å². The Bertz CT molecular complexity index is 1180. The Kier molecular flexibility index (Phi) is 6.60. The topological polar surface area (TPSA) is 82.2 Å². The molecule has 2 aromatic heterocycles. The molecular formula is C24H23FN4O3. The number of furan rings is 1. The predicted molar refractivity (Wildman–Crippen MR) is 117 cm³/mol. The molecule has 0 aliphatic heterocycles. The summed E-state index contributed by atoms with van der Waals surface area (Å²) in [5, 5.41) is 6.73. The third kappa shape index (κ3) is 5.40. The first-order valence-corrected chi connectivity index (χ1v) is 10.4. The first-order valence-electron chi connectivity index (χ1n) is 10.4. The summed E-state index contributed by atoms with van der Waals surface area (Å²) in [6, 6.07) is 17.6. The summed E-state index contributed by atoms with van der Waals surface area (Å²) in [5.41, 5.74) is 1.74. The summed E-state index contributed by atoms with van der Waals surface area (Å²) < 4.78 is 26.5. The molecule has 2 aromatic carbocycles. The quantitative estimate of drug-likeness (QED) is 0.408. The number of carbonyl (C=O) groups is 1. The molecule has 2 heterocycles. The largest absolute Gasteiger partial charge is 0.486 e. The lowest BCUT2D eigenvalue weighted by Crippen LogP contribution is -2.12. The molecule has 0 radical (unpaired) electrons. The number of halogens is 1. The van der Waals surface area contributed by atoms with Crippen LogP contribution in [0.5, 0.6) is 5.75 Å². The van der Waals surface area contributed by atoms with Gasteiger partial charge >= 0.3 is 0 Å². The second-order valence-electron chi connectivity index (χ2n) is 7.26. The Morgan fingerprint density at radius 1 is 1.12 bits per heavy atom. The summed E-state index contributed by atoms with van der Waals surface area (Å²) in [6.45, 7) is 2.55. The van der Waals surface area contributed by atoms with Gasteiger partial charge in [0.1, 0.15) is 30.3 Å². The molecule has 8 heteroatoms. The summed E-state index contributed by atoms with van der Waals surface area (Å²) in [6.07, 6.45) is 3.56. The fourth-order valence-corrected chi connectivity index (χ4v) is 3.17. The number of ether oxygens (including phenoxy) is 1. The molecule has 7 nitrogen and oxygen atoms in total. The van der Waals surface area contributed by atoms with Crippen molar-refractivity contribution >= 4 is 11.9 Å². The zero-order valence-corrected chi connectivity index (χ0v) is 17.6.